The highest BCUT2D eigenvalue weighted by Crippen LogP contribution is 2.32. The van der Waals surface area contributed by atoms with Crippen molar-refractivity contribution in [3.8, 4) is 0 Å². The number of anilines is 1. The van der Waals surface area contributed by atoms with Crippen LogP contribution in [0.15, 0.2) is 47.4 Å². The Morgan fingerprint density at radius 2 is 1.77 bits per heavy atom. The minimum Gasteiger partial charge on any atom is -0.302 e. The molecule has 9 nitrogen and oxygen atoms in total. The van der Waals surface area contributed by atoms with Gasteiger partial charge in [0.25, 0.3) is 5.69 Å². The van der Waals surface area contributed by atoms with E-state index in [9.17, 15) is 27.7 Å². The summed E-state index contributed by atoms with van der Waals surface area (Å²) in [4.78, 5) is 31.7. The molecule has 2 aromatic carbocycles. The first-order valence-corrected chi connectivity index (χ1v) is 13.2. The van der Waals surface area contributed by atoms with Gasteiger partial charge in [0.1, 0.15) is 5.82 Å². The van der Waals surface area contributed by atoms with Gasteiger partial charge in [-0.2, -0.15) is 0 Å². The van der Waals surface area contributed by atoms with Gasteiger partial charge in [-0.1, -0.05) is 25.2 Å². The fraction of sp³-hybridized carbons (Fsp3) is 0.364. The van der Waals surface area contributed by atoms with E-state index in [-0.39, 0.29) is 29.4 Å². The highest BCUT2D eigenvalue weighted by molar-refractivity contribution is 7.91. The molecular formula is C22H26ClFN4O5S2. The number of aromatic nitrogens is 1. The SMILES string of the molecule is CCN(CC)CCN(C(=O)CCS(=O)(=O)c1ccc(F)cc1)c1nc2ccc([N+](=O)[O-])cc2s1.Cl. The quantitative estimate of drug-likeness (QED) is 0.201. The van der Waals surface area contributed by atoms with E-state index in [1.807, 2.05) is 13.8 Å². The second-order valence-electron chi connectivity index (χ2n) is 7.50. The van der Waals surface area contributed by atoms with Crippen molar-refractivity contribution in [2.24, 2.45) is 0 Å². The molecule has 1 aromatic heterocycles. The van der Waals surface area contributed by atoms with Gasteiger partial charge >= 0.3 is 0 Å². The van der Waals surface area contributed by atoms with E-state index in [1.165, 1.54) is 35.2 Å². The molecule has 35 heavy (non-hydrogen) atoms. The van der Waals surface area contributed by atoms with Gasteiger partial charge in [0, 0.05) is 31.6 Å². The predicted molar refractivity (Wildman–Crippen MR) is 137 cm³/mol. The summed E-state index contributed by atoms with van der Waals surface area (Å²) in [5.41, 5.74) is 0.444. The molecule has 0 unspecified atom stereocenters. The summed E-state index contributed by atoms with van der Waals surface area (Å²) in [6.45, 7) is 6.41. The molecule has 0 aliphatic heterocycles. The van der Waals surface area contributed by atoms with Crippen molar-refractivity contribution in [2.75, 3.05) is 36.8 Å². The number of benzene rings is 2. The van der Waals surface area contributed by atoms with Crippen molar-refractivity contribution in [1.29, 1.82) is 0 Å². The van der Waals surface area contributed by atoms with Crippen molar-refractivity contribution in [3.05, 3.63) is 58.4 Å². The fourth-order valence-corrected chi connectivity index (χ4v) is 5.63. The molecule has 13 heteroatoms. The molecule has 0 radical (unpaired) electrons. The van der Waals surface area contributed by atoms with Gasteiger partial charge < -0.3 is 4.90 Å². The largest absolute Gasteiger partial charge is 0.302 e. The van der Waals surface area contributed by atoms with Crippen LogP contribution in [0.25, 0.3) is 10.2 Å². The molecule has 0 saturated carbocycles. The van der Waals surface area contributed by atoms with Crippen LogP contribution in [-0.2, 0) is 14.6 Å². The number of hydrogen-bond donors (Lipinski definition) is 0. The van der Waals surface area contributed by atoms with Crippen LogP contribution in [0.1, 0.15) is 20.3 Å². The number of amides is 1. The van der Waals surface area contributed by atoms with Crippen LogP contribution in [0.2, 0.25) is 0 Å². The number of hydrogen-bond acceptors (Lipinski definition) is 8. The third kappa shape index (κ3) is 7.17. The predicted octanol–water partition coefficient (Wildman–Crippen LogP) is 4.30. The Bertz CT molecular complexity index is 1280. The molecule has 0 fully saturated rings. The number of likely N-dealkylation sites (N-methyl/N-ethyl adjacent to an activating group) is 1. The number of thiazole rings is 1. The van der Waals surface area contributed by atoms with E-state index in [0.29, 0.717) is 28.4 Å². The van der Waals surface area contributed by atoms with Gasteiger partial charge in [-0.3, -0.25) is 19.8 Å². The molecule has 190 valence electrons. The lowest BCUT2D eigenvalue weighted by molar-refractivity contribution is -0.384. The summed E-state index contributed by atoms with van der Waals surface area (Å²) < 4.78 is 39.0. The molecule has 3 rings (SSSR count). The summed E-state index contributed by atoms with van der Waals surface area (Å²) in [5, 5.41) is 11.4. The summed E-state index contributed by atoms with van der Waals surface area (Å²) >= 11 is 1.14. The van der Waals surface area contributed by atoms with Crippen LogP contribution >= 0.6 is 23.7 Å². The maximum absolute atomic E-state index is 13.2. The fourth-order valence-electron chi connectivity index (χ4n) is 3.35. The molecule has 1 heterocycles. The average Bonchev–Trinajstić information content (AvgIpc) is 3.23. The van der Waals surface area contributed by atoms with Gasteiger partial charge in [-0.05, 0) is 43.4 Å². The van der Waals surface area contributed by atoms with Crippen molar-refractivity contribution < 1.29 is 22.5 Å². The molecule has 3 aromatic rings. The summed E-state index contributed by atoms with van der Waals surface area (Å²) in [6, 6.07) is 8.75. The minimum absolute atomic E-state index is 0. The van der Waals surface area contributed by atoms with Crippen LogP contribution in [0, 0.1) is 15.9 Å². The maximum atomic E-state index is 13.2. The normalized spacial score (nSPS) is 11.4. The molecule has 0 saturated heterocycles. The lowest BCUT2D eigenvalue weighted by atomic mass is 10.3. The van der Waals surface area contributed by atoms with Crippen LogP contribution in [-0.4, -0.2) is 61.1 Å². The lowest BCUT2D eigenvalue weighted by Crippen LogP contribution is -2.39. The Kier molecular flexibility index (Phi) is 10.1. The van der Waals surface area contributed by atoms with Gasteiger partial charge in [-0.25, -0.2) is 17.8 Å². The standard InChI is InChI=1S/C22H25FN4O5S2.ClH/c1-3-25(4-2)12-13-26(22-24-19-10-7-17(27(29)30)15-20(19)33-22)21(28)11-14-34(31,32)18-8-5-16(23)6-9-18;/h5-10,15H,3-4,11-14H2,1-2H3;1H. The maximum Gasteiger partial charge on any atom is 0.270 e. The highest BCUT2D eigenvalue weighted by Gasteiger charge is 2.24. The molecule has 0 N–H and O–H groups in total. The van der Waals surface area contributed by atoms with E-state index in [4.69, 9.17) is 0 Å². The van der Waals surface area contributed by atoms with E-state index in [0.717, 1.165) is 36.6 Å². The smallest absolute Gasteiger partial charge is 0.270 e. The number of carbonyl (C=O) groups excluding carboxylic acids is 1. The number of halogens is 2. The number of nitrogens with zero attached hydrogens (tertiary/aromatic N) is 4. The van der Waals surface area contributed by atoms with Gasteiger partial charge in [0.05, 0.1) is 25.8 Å². The molecule has 0 bridgehead atoms. The highest BCUT2D eigenvalue weighted by atomic mass is 35.5. The molecule has 1 amide bonds. The number of fused-ring (bicyclic) bond motifs is 1. The van der Waals surface area contributed by atoms with Gasteiger partial charge in [-0.15, -0.1) is 12.4 Å². The van der Waals surface area contributed by atoms with E-state index < -0.39 is 32.2 Å². The lowest BCUT2D eigenvalue weighted by Gasteiger charge is -2.24. The van der Waals surface area contributed by atoms with Crippen molar-refractivity contribution >= 4 is 60.5 Å². The zero-order chi connectivity index (χ0) is 24.9. The van der Waals surface area contributed by atoms with Gasteiger partial charge in [0.15, 0.2) is 15.0 Å². The number of nitro benzene ring substituents is 1. The average molecular weight is 545 g/mol. The van der Waals surface area contributed by atoms with Crippen molar-refractivity contribution in [2.45, 2.75) is 25.2 Å². The number of rotatable bonds is 11. The number of sulfone groups is 1. The number of nitro groups is 1. The first-order valence-electron chi connectivity index (χ1n) is 10.7. The minimum atomic E-state index is -3.78. The topological polar surface area (TPSA) is 114 Å². The van der Waals surface area contributed by atoms with Crippen LogP contribution in [0.4, 0.5) is 15.2 Å². The monoisotopic (exact) mass is 544 g/mol. The molecule has 0 atom stereocenters. The molecular weight excluding hydrogens is 519 g/mol. The van der Waals surface area contributed by atoms with Crippen molar-refractivity contribution in [3.63, 3.8) is 0 Å². The third-order valence-corrected chi connectivity index (χ3v) is 8.17. The van der Waals surface area contributed by atoms with E-state index in [2.05, 4.69) is 9.88 Å². The molecule has 0 aliphatic carbocycles. The van der Waals surface area contributed by atoms with Crippen LogP contribution in [0.5, 0.6) is 0 Å². The van der Waals surface area contributed by atoms with E-state index >= 15 is 0 Å². The van der Waals surface area contributed by atoms with Gasteiger partial charge in [0.2, 0.25) is 5.91 Å². The Balaban J connectivity index is 0.00000432. The Labute approximate surface area is 213 Å². The van der Waals surface area contributed by atoms with Crippen LogP contribution in [0.3, 0.4) is 0 Å². The zero-order valence-electron chi connectivity index (χ0n) is 19.2. The second kappa shape index (κ2) is 12.3. The Morgan fingerprint density at radius 1 is 1.11 bits per heavy atom. The summed E-state index contributed by atoms with van der Waals surface area (Å²) in [5.74, 6) is -1.41. The molecule has 0 aliphatic rings. The zero-order valence-corrected chi connectivity index (χ0v) is 21.7. The Hall–Kier alpha value is -2.67. The first kappa shape index (κ1) is 28.6. The number of non-ortho nitro benzene ring substituents is 1. The number of carbonyl (C=O) groups is 1. The molecule has 0 spiro atoms. The van der Waals surface area contributed by atoms with Crippen molar-refractivity contribution in [1.82, 2.24) is 9.88 Å². The second-order valence-corrected chi connectivity index (χ2v) is 10.6. The summed E-state index contributed by atoms with van der Waals surface area (Å²) in [6.07, 6.45) is -0.284. The van der Waals surface area contributed by atoms with Crippen LogP contribution < -0.4 is 4.90 Å². The Morgan fingerprint density at radius 3 is 2.37 bits per heavy atom. The summed E-state index contributed by atoms with van der Waals surface area (Å²) in [7, 11) is -3.78. The first-order chi connectivity index (χ1) is 16.1. The van der Waals surface area contributed by atoms with E-state index in [1.54, 1.807) is 0 Å². The third-order valence-electron chi connectivity index (χ3n) is 5.40.